The van der Waals surface area contributed by atoms with E-state index in [-0.39, 0.29) is 0 Å². The zero-order chi connectivity index (χ0) is 14.7. The van der Waals surface area contributed by atoms with Gasteiger partial charge in [-0.2, -0.15) is 0 Å². The number of aromatic amines is 1. The van der Waals surface area contributed by atoms with Crippen LogP contribution in [0.3, 0.4) is 0 Å². The second-order valence-corrected chi connectivity index (χ2v) is 5.67. The third kappa shape index (κ3) is 3.20. The fourth-order valence-corrected chi connectivity index (χ4v) is 2.95. The molecule has 5 heteroatoms. The van der Waals surface area contributed by atoms with Crippen LogP contribution in [0, 0.1) is 0 Å². The summed E-state index contributed by atoms with van der Waals surface area (Å²) in [5.41, 5.74) is 2.80. The van der Waals surface area contributed by atoms with E-state index in [1.807, 2.05) is 48.5 Å². The summed E-state index contributed by atoms with van der Waals surface area (Å²) in [4.78, 5) is 7.72. The molecule has 0 aliphatic rings. The summed E-state index contributed by atoms with van der Waals surface area (Å²) in [6.07, 6.45) is -0.557. The number of imidazole rings is 1. The molecule has 108 valence electrons. The predicted molar refractivity (Wildman–Crippen MR) is 84.8 cm³/mol. The van der Waals surface area contributed by atoms with E-state index in [4.69, 9.17) is 4.74 Å². The van der Waals surface area contributed by atoms with Crippen molar-refractivity contribution in [1.29, 1.82) is 0 Å². The van der Waals surface area contributed by atoms with Crippen LogP contribution < -0.4 is 4.74 Å². The number of aliphatic hydroxyl groups is 1. The SMILES string of the molecule is COc1cccc(C(O)CSc2nc3ccccc3[nH]2)c1. The first-order valence-corrected chi connectivity index (χ1v) is 7.64. The molecule has 0 radical (unpaired) electrons. The van der Waals surface area contributed by atoms with Gasteiger partial charge in [-0.25, -0.2) is 4.98 Å². The van der Waals surface area contributed by atoms with Crippen molar-refractivity contribution in [3.63, 3.8) is 0 Å². The number of para-hydroxylation sites is 2. The van der Waals surface area contributed by atoms with Crippen molar-refractivity contribution in [3.8, 4) is 5.75 Å². The van der Waals surface area contributed by atoms with Gasteiger partial charge in [-0.3, -0.25) is 0 Å². The largest absolute Gasteiger partial charge is 0.497 e. The van der Waals surface area contributed by atoms with E-state index in [1.165, 1.54) is 11.8 Å². The first-order valence-electron chi connectivity index (χ1n) is 6.66. The molecule has 2 aromatic carbocycles. The highest BCUT2D eigenvalue weighted by Gasteiger charge is 2.11. The van der Waals surface area contributed by atoms with E-state index in [2.05, 4.69) is 9.97 Å². The summed E-state index contributed by atoms with van der Waals surface area (Å²) in [6.45, 7) is 0. The topological polar surface area (TPSA) is 58.1 Å². The predicted octanol–water partition coefficient (Wildman–Crippen LogP) is 3.40. The number of thioether (sulfide) groups is 1. The molecule has 1 unspecified atom stereocenters. The van der Waals surface area contributed by atoms with Crippen LogP contribution in [-0.2, 0) is 0 Å². The fraction of sp³-hybridized carbons (Fsp3) is 0.188. The first-order chi connectivity index (χ1) is 10.3. The number of nitrogens with zero attached hydrogens (tertiary/aromatic N) is 1. The number of aromatic nitrogens is 2. The minimum Gasteiger partial charge on any atom is -0.497 e. The number of ether oxygens (including phenoxy) is 1. The van der Waals surface area contributed by atoms with Gasteiger partial charge >= 0.3 is 0 Å². The third-order valence-electron chi connectivity index (χ3n) is 3.22. The number of benzene rings is 2. The van der Waals surface area contributed by atoms with Crippen LogP contribution in [0.15, 0.2) is 53.7 Å². The molecule has 3 aromatic rings. The summed E-state index contributed by atoms with van der Waals surface area (Å²) in [5, 5.41) is 11.1. The average molecular weight is 300 g/mol. The lowest BCUT2D eigenvalue weighted by Crippen LogP contribution is -2.01. The van der Waals surface area contributed by atoms with E-state index in [9.17, 15) is 5.11 Å². The Hall–Kier alpha value is -1.98. The monoisotopic (exact) mass is 300 g/mol. The van der Waals surface area contributed by atoms with Crippen molar-refractivity contribution in [1.82, 2.24) is 9.97 Å². The number of fused-ring (bicyclic) bond motifs is 1. The molecule has 1 aromatic heterocycles. The lowest BCUT2D eigenvalue weighted by molar-refractivity contribution is 0.203. The Morgan fingerprint density at radius 3 is 2.90 bits per heavy atom. The van der Waals surface area contributed by atoms with Crippen LogP contribution in [0.1, 0.15) is 11.7 Å². The molecule has 0 spiro atoms. The molecule has 21 heavy (non-hydrogen) atoms. The quantitative estimate of drug-likeness (QED) is 0.709. The Labute approximate surface area is 127 Å². The van der Waals surface area contributed by atoms with Crippen LogP contribution in [0.5, 0.6) is 5.75 Å². The molecule has 0 aliphatic heterocycles. The first kappa shape index (κ1) is 14.0. The summed E-state index contributed by atoms with van der Waals surface area (Å²) in [5.74, 6) is 1.28. The molecule has 2 N–H and O–H groups in total. The van der Waals surface area contributed by atoms with Crippen LogP contribution in [0.2, 0.25) is 0 Å². The van der Waals surface area contributed by atoms with Gasteiger partial charge in [-0.05, 0) is 29.8 Å². The number of rotatable bonds is 5. The van der Waals surface area contributed by atoms with Gasteiger partial charge in [0, 0.05) is 5.75 Å². The molecule has 0 fully saturated rings. The van der Waals surface area contributed by atoms with Crippen molar-refractivity contribution in [2.24, 2.45) is 0 Å². The van der Waals surface area contributed by atoms with Gasteiger partial charge in [0.2, 0.25) is 0 Å². The summed E-state index contributed by atoms with van der Waals surface area (Å²) in [6, 6.07) is 15.4. The molecule has 0 bridgehead atoms. The molecule has 4 nitrogen and oxygen atoms in total. The molecule has 1 atom stereocenters. The van der Waals surface area contributed by atoms with Gasteiger partial charge < -0.3 is 14.8 Å². The van der Waals surface area contributed by atoms with Crippen LogP contribution in [0.25, 0.3) is 11.0 Å². The maximum Gasteiger partial charge on any atom is 0.166 e. The number of hydrogen-bond acceptors (Lipinski definition) is 4. The molecular weight excluding hydrogens is 284 g/mol. The van der Waals surface area contributed by atoms with E-state index in [0.29, 0.717) is 5.75 Å². The highest BCUT2D eigenvalue weighted by Crippen LogP contribution is 2.26. The molecule has 0 amide bonds. The van der Waals surface area contributed by atoms with Crippen LogP contribution in [-0.4, -0.2) is 27.9 Å². The van der Waals surface area contributed by atoms with Crippen molar-refractivity contribution in [3.05, 3.63) is 54.1 Å². The number of nitrogens with one attached hydrogen (secondary N) is 1. The zero-order valence-corrected chi connectivity index (χ0v) is 12.4. The number of methoxy groups -OCH3 is 1. The standard InChI is InChI=1S/C16H16N2O2S/c1-20-12-6-4-5-11(9-12)15(19)10-21-16-17-13-7-2-3-8-14(13)18-16/h2-9,15,19H,10H2,1H3,(H,17,18). The van der Waals surface area contributed by atoms with Gasteiger partial charge in [0.25, 0.3) is 0 Å². The minimum atomic E-state index is -0.557. The maximum atomic E-state index is 10.3. The average Bonchev–Trinajstić information content (AvgIpc) is 2.95. The lowest BCUT2D eigenvalue weighted by atomic mass is 10.1. The van der Waals surface area contributed by atoms with Crippen molar-refractivity contribution < 1.29 is 9.84 Å². The number of aliphatic hydroxyl groups excluding tert-OH is 1. The van der Waals surface area contributed by atoms with Gasteiger partial charge in [0.15, 0.2) is 5.16 Å². The van der Waals surface area contributed by atoms with Crippen molar-refractivity contribution in [2.45, 2.75) is 11.3 Å². The molecule has 0 aliphatic carbocycles. The summed E-state index contributed by atoms with van der Waals surface area (Å²) in [7, 11) is 1.62. The summed E-state index contributed by atoms with van der Waals surface area (Å²) < 4.78 is 5.17. The molecular formula is C16H16N2O2S. The summed E-state index contributed by atoms with van der Waals surface area (Å²) >= 11 is 1.51. The minimum absolute atomic E-state index is 0.535. The lowest BCUT2D eigenvalue weighted by Gasteiger charge is -2.10. The van der Waals surface area contributed by atoms with Gasteiger partial charge in [-0.1, -0.05) is 36.0 Å². The van der Waals surface area contributed by atoms with Crippen molar-refractivity contribution >= 4 is 22.8 Å². The molecule has 0 saturated carbocycles. The maximum absolute atomic E-state index is 10.3. The normalized spacial score (nSPS) is 12.5. The Morgan fingerprint density at radius 1 is 1.24 bits per heavy atom. The number of H-pyrrole nitrogens is 1. The van der Waals surface area contributed by atoms with Crippen LogP contribution >= 0.6 is 11.8 Å². The van der Waals surface area contributed by atoms with Gasteiger partial charge in [-0.15, -0.1) is 0 Å². The zero-order valence-electron chi connectivity index (χ0n) is 11.6. The van der Waals surface area contributed by atoms with Gasteiger partial charge in [0.1, 0.15) is 5.75 Å². The Balaban J connectivity index is 1.68. The molecule has 3 rings (SSSR count). The van der Waals surface area contributed by atoms with Crippen molar-refractivity contribution in [2.75, 3.05) is 12.9 Å². The van der Waals surface area contributed by atoms with E-state index >= 15 is 0 Å². The highest BCUT2D eigenvalue weighted by molar-refractivity contribution is 7.99. The molecule has 0 saturated heterocycles. The highest BCUT2D eigenvalue weighted by atomic mass is 32.2. The fourth-order valence-electron chi connectivity index (χ4n) is 2.10. The third-order valence-corrected chi connectivity index (χ3v) is 4.17. The Bertz CT molecular complexity index is 709. The second-order valence-electron chi connectivity index (χ2n) is 4.66. The van der Waals surface area contributed by atoms with Crippen LogP contribution in [0.4, 0.5) is 0 Å². The second kappa shape index (κ2) is 6.20. The van der Waals surface area contributed by atoms with Gasteiger partial charge in [0.05, 0.1) is 24.2 Å². The van der Waals surface area contributed by atoms with E-state index < -0.39 is 6.10 Å². The number of hydrogen-bond donors (Lipinski definition) is 2. The smallest absolute Gasteiger partial charge is 0.166 e. The van der Waals surface area contributed by atoms with E-state index in [0.717, 1.165) is 27.5 Å². The Morgan fingerprint density at radius 2 is 2.10 bits per heavy atom. The Kier molecular flexibility index (Phi) is 4.13. The molecule has 1 heterocycles. The van der Waals surface area contributed by atoms with E-state index in [1.54, 1.807) is 7.11 Å².